The standard InChI is InChI=1S/C13H13BrN2O2/c1-3-9-6-10(14)4-5-11(9)16-7-8(2)12(15-16)13(17)18/h4-7H,3H2,1-2H3,(H,17,18). The van der Waals surface area contributed by atoms with E-state index in [0.717, 1.165) is 22.1 Å². The minimum atomic E-state index is -0.999. The van der Waals surface area contributed by atoms with Crippen molar-refractivity contribution in [3.05, 3.63) is 45.7 Å². The van der Waals surface area contributed by atoms with Crippen molar-refractivity contribution in [3.63, 3.8) is 0 Å². The third kappa shape index (κ3) is 2.31. The van der Waals surface area contributed by atoms with Gasteiger partial charge in [0.25, 0.3) is 0 Å². The maximum Gasteiger partial charge on any atom is 0.356 e. The van der Waals surface area contributed by atoms with E-state index in [1.807, 2.05) is 18.2 Å². The molecule has 4 nitrogen and oxygen atoms in total. The highest BCUT2D eigenvalue weighted by Gasteiger charge is 2.14. The number of nitrogens with zero attached hydrogens (tertiary/aromatic N) is 2. The molecule has 5 heteroatoms. The van der Waals surface area contributed by atoms with Crippen LogP contribution >= 0.6 is 15.9 Å². The molecule has 0 saturated heterocycles. The summed E-state index contributed by atoms with van der Waals surface area (Å²) >= 11 is 3.43. The highest BCUT2D eigenvalue weighted by Crippen LogP contribution is 2.21. The second kappa shape index (κ2) is 4.94. The molecule has 0 spiro atoms. The molecule has 0 aliphatic carbocycles. The molecule has 2 aromatic rings. The number of carboxylic acids is 1. The number of hydrogen-bond acceptors (Lipinski definition) is 2. The summed E-state index contributed by atoms with van der Waals surface area (Å²) in [6.45, 7) is 3.80. The SMILES string of the molecule is CCc1cc(Br)ccc1-n1cc(C)c(C(=O)O)n1. The largest absolute Gasteiger partial charge is 0.476 e. The van der Waals surface area contributed by atoms with Crippen molar-refractivity contribution < 1.29 is 9.90 Å². The van der Waals surface area contributed by atoms with Crippen LogP contribution in [-0.2, 0) is 6.42 Å². The first-order chi connectivity index (χ1) is 8.52. The molecule has 94 valence electrons. The maximum absolute atomic E-state index is 11.0. The Balaban J connectivity index is 2.55. The average Bonchev–Trinajstić information content (AvgIpc) is 2.71. The van der Waals surface area contributed by atoms with Gasteiger partial charge in [-0.3, -0.25) is 0 Å². The third-order valence-corrected chi connectivity index (χ3v) is 3.26. The summed E-state index contributed by atoms with van der Waals surface area (Å²) < 4.78 is 2.63. The van der Waals surface area contributed by atoms with Crippen LogP contribution in [0.1, 0.15) is 28.5 Å². The van der Waals surface area contributed by atoms with E-state index in [2.05, 4.69) is 28.0 Å². The minimum Gasteiger partial charge on any atom is -0.476 e. The Morgan fingerprint density at radius 2 is 2.22 bits per heavy atom. The summed E-state index contributed by atoms with van der Waals surface area (Å²) in [6, 6.07) is 5.87. The summed E-state index contributed by atoms with van der Waals surface area (Å²) in [5, 5.41) is 13.1. The molecule has 0 fully saturated rings. The molecule has 0 unspecified atom stereocenters. The predicted octanol–water partition coefficient (Wildman–Crippen LogP) is 3.20. The fourth-order valence-electron chi connectivity index (χ4n) is 1.86. The molecule has 0 aliphatic heterocycles. The average molecular weight is 309 g/mol. The number of carboxylic acid groups (broad SMARTS) is 1. The molecular weight excluding hydrogens is 296 g/mol. The van der Waals surface area contributed by atoms with Gasteiger partial charge >= 0.3 is 5.97 Å². The van der Waals surface area contributed by atoms with Gasteiger partial charge in [-0.15, -0.1) is 0 Å². The van der Waals surface area contributed by atoms with Crippen molar-refractivity contribution in [1.29, 1.82) is 0 Å². The monoisotopic (exact) mass is 308 g/mol. The number of aromatic carboxylic acids is 1. The van der Waals surface area contributed by atoms with Gasteiger partial charge in [0.15, 0.2) is 5.69 Å². The lowest BCUT2D eigenvalue weighted by Crippen LogP contribution is -2.03. The fraction of sp³-hybridized carbons (Fsp3) is 0.231. The van der Waals surface area contributed by atoms with Crippen LogP contribution in [0.15, 0.2) is 28.9 Å². The lowest BCUT2D eigenvalue weighted by Gasteiger charge is -2.08. The van der Waals surface area contributed by atoms with E-state index in [4.69, 9.17) is 5.11 Å². The zero-order valence-electron chi connectivity index (χ0n) is 10.1. The molecule has 1 heterocycles. The van der Waals surface area contributed by atoms with Crippen LogP contribution in [-0.4, -0.2) is 20.9 Å². The van der Waals surface area contributed by atoms with E-state index in [1.54, 1.807) is 17.8 Å². The van der Waals surface area contributed by atoms with Gasteiger partial charge in [0, 0.05) is 16.2 Å². The quantitative estimate of drug-likeness (QED) is 0.947. The van der Waals surface area contributed by atoms with Crippen molar-refractivity contribution in [2.75, 3.05) is 0 Å². The van der Waals surface area contributed by atoms with Crippen LogP contribution in [0, 0.1) is 6.92 Å². The van der Waals surface area contributed by atoms with Gasteiger partial charge in [0.2, 0.25) is 0 Å². The van der Waals surface area contributed by atoms with E-state index in [9.17, 15) is 4.79 Å². The first kappa shape index (κ1) is 12.8. The Kier molecular flexibility index (Phi) is 3.52. The van der Waals surface area contributed by atoms with Gasteiger partial charge in [-0.25, -0.2) is 9.48 Å². The van der Waals surface area contributed by atoms with Gasteiger partial charge in [-0.05, 0) is 37.1 Å². The maximum atomic E-state index is 11.0. The topological polar surface area (TPSA) is 55.1 Å². The Morgan fingerprint density at radius 3 is 2.78 bits per heavy atom. The van der Waals surface area contributed by atoms with Crippen molar-refractivity contribution in [1.82, 2.24) is 9.78 Å². The Labute approximate surface area is 113 Å². The number of aryl methyl sites for hydroxylation is 2. The van der Waals surface area contributed by atoms with E-state index < -0.39 is 5.97 Å². The van der Waals surface area contributed by atoms with Gasteiger partial charge in [-0.1, -0.05) is 22.9 Å². The molecule has 0 amide bonds. The number of aromatic nitrogens is 2. The van der Waals surface area contributed by atoms with E-state index in [-0.39, 0.29) is 5.69 Å². The third-order valence-electron chi connectivity index (χ3n) is 2.77. The zero-order valence-corrected chi connectivity index (χ0v) is 11.7. The highest BCUT2D eigenvalue weighted by molar-refractivity contribution is 9.10. The second-order valence-electron chi connectivity index (χ2n) is 4.04. The molecule has 0 saturated carbocycles. The van der Waals surface area contributed by atoms with Crippen LogP contribution < -0.4 is 0 Å². The number of hydrogen-bond donors (Lipinski definition) is 1. The summed E-state index contributed by atoms with van der Waals surface area (Å²) in [5.41, 5.74) is 2.78. The zero-order chi connectivity index (χ0) is 13.3. The number of carbonyl (C=O) groups is 1. The van der Waals surface area contributed by atoms with Gasteiger partial charge in [0.05, 0.1) is 5.69 Å². The van der Waals surface area contributed by atoms with Crippen molar-refractivity contribution >= 4 is 21.9 Å². The highest BCUT2D eigenvalue weighted by atomic mass is 79.9. The summed E-state index contributed by atoms with van der Waals surface area (Å²) in [6.07, 6.45) is 2.60. The van der Waals surface area contributed by atoms with E-state index in [1.165, 1.54) is 0 Å². The van der Waals surface area contributed by atoms with Gasteiger partial charge in [0.1, 0.15) is 0 Å². The molecule has 1 aromatic carbocycles. The van der Waals surface area contributed by atoms with Gasteiger partial charge < -0.3 is 5.11 Å². The summed E-state index contributed by atoms with van der Waals surface area (Å²) in [4.78, 5) is 11.0. The number of halogens is 1. The summed E-state index contributed by atoms with van der Waals surface area (Å²) in [7, 11) is 0. The van der Waals surface area contributed by atoms with E-state index in [0.29, 0.717) is 5.56 Å². The predicted molar refractivity (Wildman–Crippen MR) is 72.3 cm³/mol. The first-order valence-corrected chi connectivity index (χ1v) is 6.40. The molecule has 2 rings (SSSR count). The Hall–Kier alpha value is -1.62. The minimum absolute atomic E-state index is 0.0972. The van der Waals surface area contributed by atoms with Gasteiger partial charge in [-0.2, -0.15) is 5.10 Å². The normalized spacial score (nSPS) is 10.6. The molecule has 1 N–H and O–H groups in total. The molecule has 0 bridgehead atoms. The second-order valence-corrected chi connectivity index (χ2v) is 4.95. The number of rotatable bonds is 3. The van der Waals surface area contributed by atoms with Crippen molar-refractivity contribution in [3.8, 4) is 5.69 Å². The Morgan fingerprint density at radius 1 is 1.50 bits per heavy atom. The lowest BCUT2D eigenvalue weighted by atomic mass is 10.1. The van der Waals surface area contributed by atoms with Crippen molar-refractivity contribution in [2.45, 2.75) is 20.3 Å². The smallest absolute Gasteiger partial charge is 0.356 e. The first-order valence-electron chi connectivity index (χ1n) is 5.61. The molecule has 0 radical (unpaired) electrons. The van der Waals surface area contributed by atoms with Crippen LogP contribution in [0.5, 0.6) is 0 Å². The molecule has 0 aliphatic rings. The van der Waals surface area contributed by atoms with Crippen LogP contribution in [0.25, 0.3) is 5.69 Å². The summed E-state index contributed by atoms with van der Waals surface area (Å²) in [5.74, 6) is -0.999. The fourth-order valence-corrected chi connectivity index (χ4v) is 2.26. The number of benzene rings is 1. The molecule has 1 aromatic heterocycles. The van der Waals surface area contributed by atoms with Crippen LogP contribution in [0.4, 0.5) is 0 Å². The molecule has 0 atom stereocenters. The van der Waals surface area contributed by atoms with Crippen LogP contribution in [0.2, 0.25) is 0 Å². The van der Waals surface area contributed by atoms with Crippen LogP contribution in [0.3, 0.4) is 0 Å². The Bertz CT molecular complexity index is 605. The molecule has 18 heavy (non-hydrogen) atoms. The molecular formula is C13H13BrN2O2. The van der Waals surface area contributed by atoms with Crippen molar-refractivity contribution in [2.24, 2.45) is 0 Å². The van der Waals surface area contributed by atoms with E-state index >= 15 is 0 Å². The lowest BCUT2D eigenvalue weighted by molar-refractivity contribution is 0.0689.